The van der Waals surface area contributed by atoms with E-state index in [4.69, 9.17) is 10.5 Å². The Morgan fingerprint density at radius 2 is 2.07 bits per heavy atom. The Bertz CT molecular complexity index is 896. The first kappa shape index (κ1) is 17.3. The molecule has 0 aromatic carbocycles. The molecule has 4 heterocycles. The summed E-state index contributed by atoms with van der Waals surface area (Å²) in [6.07, 6.45) is 9.73. The van der Waals surface area contributed by atoms with Crippen LogP contribution < -0.4 is 15.4 Å². The molecule has 1 fully saturated rings. The molecule has 1 saturated heterocycles. The van der Waals surface area contributed by atoms with Crippen LogP contribution in [-0.4, -0.2) is 44.7 Å². The molecule has 140 valence electrons. The number of aromatic nitrogens is 5. The topological polar surface area (TPSA) is 95.0 Å². The average Bonchev–Trinajstić information content (AvgIpc) is 3.16. The number of imidazole rings is 1. The van der Waals surface area contributed by atoms with Crippen LogP contribution in [0.4, 0.5) is 11.8 Å². The Kier molecular flexibility index (Phi) is 4.86. The molecular formula is C19H23N7O. The molecule has 0 saturated carbocycles. The molecule has 0 spiro atoms. The lowest BCUT2D eigenvalue weighted by atomic mass is 9.97. The minimum atomic E-state index is 0.227. The predicted molar refractivity (Wildman–Crippen MR) is 103 cm³/mol. The van der Waals surface area contributed by atoms with Gasteiger partial charge in [-0.05, 0) is 30.5 Å². The van der Waals surface area contributed by atoms with Gasteiger partial charge in [0.25, 0.3) is 0 Å². The van der Waals surface area contributed by atoms with E-state index in [1.165, 1.54) is 5.56 Å². The van der Waals surface area contributed by atoms with Crippen LogP contribution in [0.1, 0.15) is 30.1 Å². The predicted octanol–water partition coefficient (Wildman–Crippen LogP) is 2.09. The highest BCUT2D eigenvalue weighted by Crippen LogP contribution is 2.30. The van der Waals surface area contributed by atoms with E-state index in [1.54, 1.807) is 7.11 Å². The van der Waals surface area contributed by atoms with E-state index in [-0.39, 0.29) is 5.95 Å². The Labute approximate surface area is 158 Å². The number of nitrogens with two attached hydrogens (primary N) is 1. The highest BCUT2D eigenvalue weighted by molar-refractivity contribution is 5.46. The minimum absolute atomic E-state index is 0.227. The van der Waals surface area contributed by atoms with E-state index in [0.717, 1.165) is 44.1 Å². The van der Waals surface area contributed by atoms with Gasteiger partial charge in [0.15, 0.2) is 0 Å². The van der Waals surface area contributed by atoms with Crippen LogP contribution in [0.5, 0.6) is 5.88 Å². The van der Waals surface area contributed by atoms with Crippen molar-refractivity contribution in [2.75, 3.05) is 30.8 Å². The Morgan fingerprint density at radius 1 is 1.22 bits per heavy atom. The molecule has 0 amide bonds. The van der Waals surface area contributed by atoms with Gasteiger partial charge >= 0.3 is 0 Å². The Balaban J connectivity index is 1.54. The summed E-state index contributed by atoms with van der Waals surface area (Å²) >= 11 is 0. The summed E-state index contributed by atoms with van der Waals surface area (Å²) in [6, 6.07) is 5.90. The molecule has 0 bridgehead atoms. The van der Waals surface area contributed by atoms with Crippen LogP contribution in [0.2, 0.25) is 0 Å². The Hall–Kier alpha value is -3.16. The van der Waals surface area contributed by atoms with Crippen LogP contribution in [-0.2, 0) is 6.54 Å². The number of ether oxygens (including phenoxy) is 1. The van der Waals surface area contributed by atoms with Crippen molar-refractivity contribution in [3.05, 3.63) is 54.4 Å². The first-order valence-electron chi connectivity index (χ1n) is 9.06. The third kappa shape index (κ3) is 3.84. The van der Waals surface area contributed by atoms with Gasteiger partial charge in [0.2, 0.25) is 11.8 Å². The fourth-order valence-electron chi connectivity index (χ4n) is 3.59. The van der Waals surface area contributed by atoms with Crippen molar-refractivity contribution in [2.24, 2.45) is 0 Å². The van der Waals surface area contributed by atoms with Crippen molar-refractivity contribution in [1.82, 2.24) is 24.5 Å². The third-order valence-corrected chi connectivity index (χ3v) is 4.88. The molecule has 27 heavy (non-hydrogen) atoms. The lowest BCUT2D eigenvalue weighted by molar-refractivity contribution is 0.397. The van der Waals surface area contributed by atoms with Gasteiger partial charge in [0.05, 0.1) is 7.11 Å². The largest absolute Gasteiger partial charge is 0.481 e. The van der Waals surface area contributed by atoms with Gasteiger partial charge in [-0.15, -0.1) is 0 Å². The smallest absolute Gasteiger partial charge is 0.225 e. The first-order valence-corrected chi connectivity index (χ1v) is 9.06. The van der Waals surface area contributed by atoms with Crippen LogP contribution in [0.15, 0.2) is 43.0 Å². The summed E-state index contributed by atoms with van der Waals surface area (Å²) in [5, 5.41) is 0. The summed E-state index contributed by atoms with van der Waals surface area (Å²) in [7, 11) is 1.58. The number of piperidine rings is 1. The number of hydrogen-bond acceptors (Lipinski definition) is 7. The molecule has 0 aliphatic carbocycles. The second-order valence-corrected chi connectivity index (χ2v) is 6.68. The molecule has 1 atom stereocenters. The molecule has 8 heteroatoms. The zero-order valence-electron chi connectivity index (χ0n) is 15.3. The molecule has 2 N–H and O–H groups in total. The zero-order chi connectivity index (χ0) is 18.6. The van der Waals surface area contributed by atoms with Crippen LogP contribution >= 0.6 is 0 Å². The van der Waals surface area contributed by atoms with Crippen molar-refractivity contribution >= 4 is 11.8 Å². The monoisotopic (exact) mass is 365 g/mol. The Morgan fingerprint density at radius 3 is 2.89 bits per heavy atom. The van der Waals surface area contributed by atoms with Crippen LogP contribution in [0, 0.1) is 0 Å². The maximum atomic E-state index is 5.83. The molecule has 4 rings (SSSR count). The standard InChI is InChI=1S/C19H23N7O/c1-27-17-11-16(23-19(20)24-17)25-9-2-3-15(13-25)18-22-8-10-26(18)12-14-4-6-21-7-5-14/h4-8,10-11,15H,2-3,9,12-13H2,1H3,(H2,20,23,24)/t15-/m0/s1. The first-order chi connectivity index (χ1) is 13.2. The van der Waals surface area contributed by atoms with Crippen molar-refractivity contribution in [2.45, 2.75) is 25.3 Å². The highest BCUT2D eigenvalue weighted by atomic mass is 16.5. The molecule has 3 aromatic rings. The normalized spacial score (nSPS) is 17.1. The molecule has 8 nitrogen and oxygen atoms in total. The van der Waals surface area contributed by atoms with Crippen molar-refractivity contribution < 1.29 is 4.74 Å². The van der Waals surface area contributed by atoms with Gasteiger partial charge in [0, 0.05) is 56.4 Å². The molecule has 3 aromatic heterocycles. The van der Waals surface area contributed by atoms with E-state index in [1.807, 2.05) is 43.0 Å². The maximum absolute atomic E-state index is 5.83. The number of pyridine rings is 1. The fourth-order valence-corrected chi connectivity index (χ4v) is 3.59. The second-order valence-electron chi connectivity index (χ2n) is 6.68. The summed E-state index contributed by atoms with van der Waals surface area (Å²) in [4.78, 5) is 19.4. The van der Waals surface area contributed by atoms with Gasteiger partial charge in [0.1, 0.15) is 11.6 Å². The van der Waals surface area contributed by atoms with E-state index in [0.29, 0.717) is 11.8 Å². The van der Waals surface area contributed by atoms with Gasteiger partial charge in [-0.2, -0.15) is 9.97 Å². The molecular weight excluding hydrogens is 342 g/mol. The van der Waals surface area contributed by atoms with Crippen molar-refractivity contribution in [3.63, 3.8) is 0 Å². The van der Waals surface area contributed by atoms with E-state index < -0.39 is 0 Å². The van der Waals surface area contributed by atoms with Crippen molar-refractivity contribution in [1.29, 1.82) is 0 Å². The van der Waals surface area contributed by atoms with Gasteiger partial charge in [-0.25, -0.2) is 4.98 Å². The summed E-state index contributed by atoms with van der Waals surface area (Å²) < 4.78 is 7.45. The molecule has 1 aliphatic heterocycles. The lowest BCUT2D eigenvalue weighted by Gasteiger charge is -2.33. The summed E-state index contributed by atoms with van der Waals surface area (Å²) in [5.74, 6) is 2.95. The fraction of sp³-hybridized carbons (Fsp3) is 0.368. The quantitative estimate of drug-likeness (QED) is 0.740. The highest BCUT2D eigenvalue weighted by Gasteiger charge is 2.26. The number of nitrogens with zero attached hydrogens (tertiary/aromatic N) is 6. The number of anilines is 2. The molecule has 1 aliphatic rings. The molecule has 0 unspecified atom stereocenters. The zero-order valence-corrected chi connectivity index (χ0v) is 15.3. The number of rotatable bonds is 5. The number of hydrogen-bond donors (Lipinski definition) is 1. The summed E-state index contributed by atoms with van der Waals surface area (Å²) in [5.41, 5.74) is 7.04. The van der Waals surface area contributed by atoms with Crippen LogP contribution in [0.25, 0.3) is 0 Å². The van der Waals surface area contributed by atoms with Crippen LogP contribution in [0.3, 0.4) is 0 Å². The SMILES string of the molecule is COc1cc(N2CCC[C@H](c3nccn3Cc3ccncc3)C2)nc(N)n1. The van der Waals surface area contributed by atoms with E-state index in [2.05, 4.69) is 29.4 Å². The van der Waals surface area contributed by atoms with Gasteiger partial charge in [-0.3, -0.25) is 4.98 Å². The molecule has 0 radical (unpaired) electrons. The second kappa shape index (κ2) is 7.61. The van der Waals surface area contributed by atoms with E-state index in [9.17, 15) is 0 Å². The average molecular weight is 365 g/mol. The van der Waals surface area contributed by atoms with Gasteiger partial charge < -0.3 is 19.9 Å². The van der Waals surface area contributed by atoms with E-state index >= 15 is 0 Å². The number of nitrogen functional groups attached to an aromatic ring is 1. The maximum Gasteiger partial charge on any atom is 0.225 e. The van der Waals surface area contributed by atoms with Gasteiger partial charge in [-0.1, -0.05) is 0 Å². The minimum Gasteiger partial charge on any atom is -0.481 e. The van der Waals surface area contributed by atoms with Crippen molar-refractivity contribution in [3.8, 4) is 5.88 Å². The number of methoxy groups -OCH3 is 1. The third-order valence-electron chi connectivity index (χ3n) is 4.88. The summed E-state index contributed by atoms with van der Waals surface area (Å²) in [6.45, 7) is 2.57. The lowest BCUT2D eigenvalue weighted by Crippen LogP contribution is -2.36.